The zero-order valence-electron chi connectivity index (χ0n) is 9.21. The SMILES string of the molecule is COC(=O)c1occc1CSC[C@H](N)C(=O)O. The molecule has 0 amide bonds. The predicted octanol–water partition coefficient (Wildman–Crippen LogP) is 0.711. The van der Waals surface area contributed by atoms with E-state index >= 15 is 0 Å². The van der Waals surface area contributed by atoms with E-state index in [4.69, 9.17) is 15.3 Å². The van der Waals surface area contributed by atoms with Crippen molar-refractivity contribution in [1.82, 2.24) is 0 Å². The molecule has 1 heterocycles. The molecule has 94 valence electrons. The number of furan rings is 1. The molecular weight excluding hydrogens is 246 g/mol. The van der Waals surface area contributed by atoms with Gasteiger partial charge in [0.2, 0.25) is 5.76 Å². The largest absolute Gasteiger partial charge is 0.480 e. The van der Waals surface area contributed by atoms with Crippen molar-refractivity contribution >= 4 is 23.7 Å². The van der Waals surface area contributed by atoms with Crippen LogP contribution in [-0.4, -0.2) is 35.9 Å². The van der Waals surface area contributed by atoms with E-state index in [0.717, 1.165) is 0 Å². The first-order chi connectivity index (χ1) is 8.06. The van der Waals surface area contributed by atoms with Crippen LogP contribution in [0.3, 0.4) is 0 Å². The van der Waals surface area contributed by atoms with Crippen LogP contribution < -0.4 is 5.73 Å². The average Bonchev–Trinajstić information content (AvgIpc) is 2.76. The minimum absolute atomic E-state index is 0.142. The van der Waals surface area contributed by atoms with Gasteiger partial charge in [-0.3, -0.25) is 4.79 Å². The van der Waals surface area contributed by atoms with E-state index in [1.54, 1.807) is 6.07 Å². The quantitative estimate of drug-likeness (QED) is 0.725. The number of ether oxygens (including phenoxy) is 1. The highest BCUT2D eigenvalue weighted by Gasteiger charge is 2.17. The highest BCUT2D eigenvalue weighted by Crippen LogP contribution is 2.19. The zero-order valence-corrected chi connectivity index (χ0v) is 10.0. The molecule has 0 aliphatic rings. The van der Waals surface area contributed by atoms with Crippen LogP contribution in [0.4, 0.5) is 0 Å². The predicted molar refractivity (Wildman–Crippen MR) is 61.8 cm³/mol. The van der Waals surface area contributed by atoms with Gasteiger partial charge in [-0.05, 0) is 6.07 Å². The molecule has 0 aliphatic carbocycles. The van der Waals surface area contributed by atoms with Gasteiger partial charge in [-0.25, -0.2) is 4.79 Å². The number of thioether (sulfide) groups is 1. The van der Waals surface area contributed by atoms with Gasteiger partial charge in [-0.15, -0.1) is 0 Å². The Labute approximate surface area is 102 Å². The normalized spacial score (nSPS) is 12.1. The molecule has 0 bridgehead atoms. The molecule has 7 heteroatoms. The topological polar surface area (TPSA) is 103 Å². The fourth-order valence-corrected chi connectivity index (χ4v) is 2.05. The molecule has 17 heavy (non-hydrogen) atoms. The molecule has 0 aliphatic heterocycles. The van der Waals surface area contributed by atoms with E-state index in [0.29, 0.717) is 11.3 Å². The summed E-state index contributed by atoms with van der Waals surface area (Å²) in [7, 11) is 1.27. The van der Waals surface area contributed by atoms with Crippen LogP contribution in [0.1, 0.15) is 16.1 Å². The molecule has 3 N–H and O–H groups in total. The summed E-state index contributed by atoms with van der Waals surface area (Å²) in [5, 5.41) is 8.59. The van der Waals surface area contributed by atoms with E-state index in [-0.39, 0.29) is 11.5 Å². The number of carboxylic acids is 1. The summed E-state index contributed by atoms with van der Waals surface area (Å²) in [4.78, 5) is 21.7. The van der Waals surface area contributed by atoms with Gasteiger partial charge in [-0.1, -0.05) is 0 Å². The molecule has 0 unspecified atom stereocenters. The molecule has 0 fully saturated rings. The number of carbonyl (C=O) groups excluding carboxylic acids is 1. The molecule has 6 nitrogen and oxygen atoms in total. The second-order valence-electron chi connectivity index (χ2n) is 3.23. The molecule has 1 aromatic heterocycles. The third-order valence-corrected chi connectivity index (χ3v) is 3.10. The van der Waals surface area contributed by atoms with Crippen LogP contribution in [0.15, 0.2) is 16.7 Å². The summed E-state index contributed by atoms with van der Waals surface area (Å²) in [5.41, 5.74) is 6.01. The second kappa shape index (κ2) is 6.31. The van der Waals surface area contributed by atoms with Gasteiger partial charge >= 0.3 is 11.9 Å². The number of carbonyl (C=O) groups is 2. The van der Waals surface area contributed by atoms with Gasteiger partial charge in [0.25, 0.3) is 0 Å². The molecular formula is C10H13NO5S. The Bertz CT molecular complexity index is 403. The van der Waals surface area contributed by atoms with Gasteiger partial charge < -0.3 is 20.0 Å². The lowest BCUT2D eigenvalue weighted by Gasteiger charge is -2.05. The standard InChI is InChI=1S/C10H13NO5S/c1-15-10(14)8-6(2-3-16-8)4-17-5-7(11)9(12)13/h2-3,7H,4-5,11H2,1H3,(H,12,13)/t7-/m0/s1. The van der Waals surface area contributed by atoms with E-state index in [1.807, 2.05) is 0 Å². The Morgan fingerprint density at radius 1 is 1.65 bits per heavy atom. The Morgan fingerprint density at radius 2 is 2.35 bits per heavy atom. The Morgan fingerprint density at radius 3 is 2.94 bits per heavy atom. The molecule has 1 rings (SSSR count). The number of esters is 1. The highest BCUT2D eigenvalue weighted by molar-refractivity contribution is 7.98. The van der Waals surface area contributed by atoms with Gasteiger partial charge in [0, 0.05) is 17.1 Å². The van der Waals surface area contributed by atoms with Gasteiger partial charge in [-0.2, -0.15) is 11.8 Å². The number of aliphatic carboxylic acids is 1. The van der Waals surface area contributed by atoms with Gasteiger partial charge in [0.1, 0.15) is 6.04 Å². The van der Waals surface area contributed by atoms with Crippen molar-refractivity contribution in [3.05, 3.63) is 23.7 Å². The fraction of sp³-hybridized carbons (Fsp3) is 0.400. The third kappa shape index (κ3) is 3.79. The number of hydrogen-bond donors (Lipinski definition) is 2. The van der Waals surface area contributed by atoms with Gasteiger partial charge in [0.05, 0.1) is 13.4 Å². The Balaban J connectivity index is 2.50. The summed E-state index contributed by atoms with van der Waals surface area (Å²) in [5.74, 6) is -0.738. The highest BCUT2D eigenvalue weighted by atomic mass is 32.2. The summed E-state index contributed by atoms with van der Waals surface area (Å²) >= 11 is 1.32. The van der Waals surface area contributed by atoms with Crippen molar-refractivity contribution in [2.75, 3.05) is 12.9 Å². The monoisotopic (exact) mass is 259 g/mol. The number of methoxy groups -OCH3 is 1. The minimum atomic E-state index is -1.04. The lowest BCUT2D eigenvalue weighted by molar-refractivity contribution is -0.137. The maximum absolute atomic E-state index is 11.3. The summed E-state index contributed by atoms with van der Waals surface area (Å²) < 4.78 is 9.53. The van der Waals surface area contributed by atoms with E-state index in [1.165, 1.54) is 25.1 Å². The second-order valence-corrected chi connectivity index (χ2v) is 4.26. The van der Waals surface area contributed by atoms with E-state index in [9.17, 15) is 9.59 Å². The van der Waals surface area contributed by atoms with Crippen molar-refractivity contribution in [2.45, 2.75) is 11.8 Å². The molecule has 1 aromatic rings. The first-order valence-electron chi connectivity index (χ1n) is 4.77. The van der Waals surface area contributed by atoms with Crippen LogP contribution >= 0.6 is 11.8 Å². The average molecular weight is 259 g/mol. The molecule has 0 aromatic carbocycles. The van der Waals surface area contributed by atoms with Crippen LogP contribution in [0.2, 0.25) is 0 Å². The van der Waals surface area contributed by atoms with Crippen molar-refractivity contribution < 1.29 is 23.8 Å². The van der Waals surface area contributed by atoms with Crippen LogP contribution in [0.25, 0.3) is 0 Å². The minimum Gasteiger partial charge on any atom is -0.480 e. The van der Waals surface area contributed by atoms with Crippen molar-refractivity contribution in [3.63, 3.8) is 0 Å². The molecule has 0 saturated heterocycles. The van der Waals surface area contributed by atoms with Crippen LogP contribution in [-0.2, 0) is 15.3 Å². The van der Waals surface area contributed by atoms with Crippen molar-refractivity contribution in [2.24, 2.45) is 5.73 Å². The number of nitrogens with two attached hydrogens (primary N) is 1. The number of rotatable bonds is 6. The molecule has 0 radical (unpaired) electrons. The van der Waals surface area contributed by atoms with Crippen LogP contribution in [0.5, 0.6) is 0 Å². The zero-order chi connectivity index (χ0) is 12.8. The fourth-order valence-electron chi connectivity index (χ4n) is 1.09. The summed E-state index contributed by atoms with van der Waals surface area (Å²) in [6.07, 6.45) is 1.39. The van der Waals surface area contributed by atoms with Crippen molar-refractivity contribution in [3.8, 4) is 0 Å². The first kappa shape index (κ1) is 13.6. The molecule has 0 spiro atoms. The summed E-state index contributed by atoms with van der Waals surface area (Å²) in [6.45, 7) is 0. The Kier molecular flexibility index (Phi) is 5.05. The third-order valence-electron chi connectivity index (χ3n) is 1.99. The molecule has 0 saturated carbocycles. The van der Waals surface area contributed by atoms with Crippen molar-refractivity contribution in [1.29, 1.82) is 0 Å². The number of hydrogen-bond acceptors (Lipinski definition) is 6. The van der Waals surface area contributed by atoms with E-state index in [2.05, 4.69) is 4.74 Å². The Hall–Kier alpha value is -1.47. The lowest BCUT2D eigenvalue weighted by atomic mass is 10.3. The maximum Gasteiger partial charge on any atom is 0.374 e. The molecule has 1 atom stereocenters. The lowest BCUT2D eigenvalue weighted by Crippen LogP contribution is -2.32. The van der Waals surface area contributed by atoms with E-state index < -0.39 is 18.0 Å². The summed E-state index contributed by atoms with van der Waals surface area (Å²) in [6, 6.07) is 0.736. The first-order valence-corrected chi connectivity index (χ1v) is 5.92. The maximum atomic E-state index is 11.3. The smallest absolute Gasteiger partial charge is 0.374 e. The number of carboxylic acid groups (broad SMARTS) is 1. The van der Waals surface area contributed by atoms with Gasteiger partial charge in [0.15, 0.2) is 0 Å². The van der Waals surface area contributed by atoms with Crippen LogP contribution in [0, 0.1) is 0 Å².